The Labute approximate surface area is 153 Å². The maximum absolute atomic E-state index is 13.2. The van der Waals surface area contributed by atoms with Crippen molar-refractivity contribution < 1.29 is 13.2 Å². The molecule has 130 valence electrons. The third kappa shape index (κ3) is 5.48. The smallest absolute Gasteiger partial charge is 0.280 e. The molecule has 2 nitrogen and oxygen atoms in total. The van der Waals surface area contributed by atoms with Crippen molar-refractivity contribution in [1.82, 2.24) is 0 Å². The molecule has 0 saturated carbocycles. The molecular formula is C18H13Cl2F3N2. The Bertz CT molecular complexity index is 811. The molecule has 0 amide bonds. The molecule has 7 heteroatoms. The first-order valence-electron chi connectivity index (χ1n) is 7.34. The molecule has 0 spiro atoms. The minimum Gasteiger partial charge on any atom is -0.280 e. The van der Waals surface area contributed by atoms with Gasteiger partial charge >= 0.3 is 6.18 Å². The summed E-state index contributed by atoms with van der Waals surface area (Å²) in [4.78, 5) is 3.67. The van der Waals surface area contributed by atoms with Gasteiger partial charge < -0.3 is 0 Å². The molecule has 0 N–H and O–H groups in total. The topological polar surface area (TPSA) is 36.1 Å². The highest BCUT2D eigenvalue weighted by molar-refractivity contribution is 6.33. The van der Waals surface area contributed by atoms with Crippen molar-refractivity contribution in [3.05, 3.63) is 69.2 Å². The van der Waals surface area contributed by atoms with Gasteiger partial charge in [0.2, 0.25) is 0 Å². The van der Waals surface area contributed by atoms with Crippen LogP contribution < -0.4 is 0 Å². The lowest BCUT2D eigenvalue weighted by molar-refractivity contribution is -0.147. The van der Waals surface area contributed by atoms with Crippen LogP contribution in [0.2, 0.25) is 10.0 Å². The SMILES string of the molecule is N#Cc1ccc(C=NC(CCc2ccccc2Cl)C(F)(F)F)c(Cl)c1. The minimum absolute atomic E-state index is 0.155. The molecule has 1 atom stereocenters. The molecule has 2 aromatic carbocycles. The number of halogens is 5. The molecule has 25 heavy (non-hydrogen) atoms. The lowest BCUT2D eigenvalue weighted by Crippen LogP contribution is -2.27. The standard InChI is InChI=1S/C18H13Cl2F3N2/c19-15-4-2-1-3-13(15)7-8-17(18(21,22)23)25-11-14-6-5-12(10-24)9-16(14)20/h1-6,9,11,17H,7-8H2. The second-order valence-corrected chi connectivity index (χ2v) is 6.13. The van der Waals surface area contributed by atoms with Crippen molar-refractivity contribution in [2.24, 2.45) is 4.99 Å². The van der Waals surface area contributed by atoms with Crippen LogP contribution in [0.25, 0.3) is 0 Å². The second-order valence-electron chi connectivity index (χ2n) is 5.31. The van der Waals surface area contributed by atoms with E-state index in [0.717, 1.165) is 6.21 Å². The summed E-state index contributed by atoms with van der Waals surface area (Å²) < 4.78 is 39.7. The van der Waals surface area contributed by atoms with Gasteiger partial charge in [-0.1, -0.05) is 47.5 Å². The van der Waals surface area contributed by atoms with Crippen LogP contribution in [0.3, 0.4) is 0 Å². The van der Waals surface area contributed by atoms with Crippen LogP contribution in [-0.4, -0.2) is 18.4 Å². The van der Waals surface area contributed by atoms with E-state index in [0.29, 0.717) is 21.7 Å². The lowest BCUT2D eigenvalue weighted by Gasteiger charge is -2.16. The van der Waals surface area contributed by atoms with Crippen molar-refractivity contribution in [2.45, 2.75) is 25.1 Å². The van der Waals surface area contributed by atoms with Gasteiger partial charge in [0.15, 0.2) is 0 Å². The summed E-state index contributed by atoms with van der Waals surface area (Å²) in [5.74, 6) is 0. The van der Waals surface area contributed by atoms with Crippen molar-refractivity contribution in [3.63, 3.8) is 0 Å². The van der Waals surface area contributed by atoms with Crippen molar-refractivity contribution in [1.29, 1.82) is 5.26 Å². The van der Waals surface area contributed by atoms with Crippen molar-refractivity contribution in [2.75, 3.05) is 0 Å². The van der Waals surface area contributed by atoms with E-state index in [-0.39, 0.29) is 17.9 Å². The Hall–Kier alpha value is -2.03. The first kappa shape index (κ1) is 19.3. The van der Waals surface area contributed by atoms with Crippen LogP contribution in [0.15, 0.2) is 47.5 Å². The molecule has 0 radical (unpaired) electrons. The zero-order valence-corrected chi connectivity index (χ0v) is 14.4. The normalized spacial score (nSPS) is 13.0. The number of hydrogen-bond donors (Lipinski definition) is 0. The monoisotopic (exact) mass is 384 g/mol. The largest absolute Gasteiger partial charge is 0.410 e. The number of hydrogen-bond acceptors (Lipinski definition) is 2. The van der Waals surface area contributed by atoms with E-state index in [9.17, 15) is 13.2 Å². The van der Waals surface area contributed by atoms with Crippen LogP contribution in [0.5, 0.6) is 0 Å². The summed E-state index contributed by atoms with van der Waals surface area (Å²) in [7, 11) is 0. The van der Waals surface area contributed by atoms with Crippen LogP contribution >= 0.6 is 23.2 Å². The summed E-state index contributed by atoms with van der Waals surface area (Å²) >= 11 is 11.9. The van der Waals surface area contributed by atoms with E-state index in [2.05, 4.69) is 4.99 Å². The minimum atomic E-state index is -4.48. The molecule has 0 fully saturated rings. The van der Waals surface area contributed by atoms with E-state index >= 15 is 0 Å². The highest BCUT2D eigenvalue weighted by Gasteiger charge is 2.38. The molecule has 0 aliphatic carbocycles. The zero-order valence-electron chi connectivity index (χ0n) is 12.9. The maximum atomic E-state index is 13.2. The average Bonchev–Trinajstić information content (AvgIpc) is 2.56. The summed E-state index contributed by atoms with van der Waals surface area (Å²) in [6.45, 7) is 0. The van der Waals surface area contributed by atoms with Gasteiger partial charge in [0.25, 0.3) is 0 Å². The van der Waals surface area contributed by atoms with Gasteiger partial charge in [-0.3, -0.25) is 4.99 Å². The summed E-state index contributed by atoms with van der Waals surface area (Å²) in [6, 6.07) is 11.1. The summed E-state index contributed by atoms with van der Waals surface area (Å²) in [5, 5.41) is 9.39. The molecular weight excluding hydrogens is 372 g/mol. The molecule has 2 rings (SSSR count). The fourth-order valence-electron chi connectivity index (χ4n) is 2.19. The molecule has 0 aliphatic heterocycles. The van der Waals surface area contributed by atoms with E-state index < -0.39 is 12.2 Å². The number of benzene rings is 2. The van der Waals surface area contributed by atoms with Gasteiger partial charge in [-0.2, -0.15) is 18.4 Å². The molecule has 0 bridgehead atoms. The third-order valence-electron chi connectivity index (χ3n) is 3.55. The predicted molar refractivity (Wildman–Crippen MR) is 93.4 cm³/mol. The highest BCUT2D eigenvalue weighted by Crippen LogP contribution is 2.28. The van der Waals surface area contributed by atoms with Gasteiger partial charge in [-0.05, 0) is 36.6 Å². The lowest BCUT2D eigenvalue weighted by atomic mass is 10.0. The molecule has 0 heterocycles. The zero-order chi connectivity index (χ0) is 18.4. The molecule has 2 aromatic rings. The van der Waals surface area contributed by atoms with Crippen molar-refractivity contribution >= 4 is 29.4 Å². The van der Waals surface area contributed by atoms with Gasteiger partial charge in [0.05, 0.1) is 16.7 Å². The van der Waals surface area contributed by atoms with E-state index in [4.69, 9.17) is 28.5 Å². The van der Waals surface area contributed by atoms with Gasteiger partial charge in [-0.15, -0.1) is 0 Å². The Morgan fingerprint density at radius 3 is 2.44 bits per heavy atom. The maximum Gasteiger partial charge on any atom is 0.410 e. The number of aryl methyl sites for hydroxylation is 1. The van der Waals surface area contributed by atoms with E-state index in [1.165, 1.54) is 18.2 Å². The molecule has 0 saturated heterocycles. The number of nitrogens with zero attached hydrogens (tertiary/aromatic N) is 2. The first-order valence-corrected chi connectivity index (χ1v) is 8.10. The Morgan fingerprint density at radius 2 is 1.84 bits per heavy atom. The first-order chi connectivity index (χ1) is 11.8. The fraction of sp³-hybridized carbons (Fsp3) is 0.222. The quantitative estimate of drug-likeness (QED) is 0.595. The van der Waals surface area contributed by atoms with Gasteiger partial charge in [-0.25, -0.2) is 0 Å². The van der Waals surface area contributed by atoms with Crippen LogP contribution in [0, 0.1) is 11.3 Å². The second kappa shape index (κ2) is 8.37. The summed E-state index contributed by atoms with van der Waals surface area (Å²) in [6.07, 6.45) is -3.45. The van der Waals surface area contributed by atoms with Crippen LogP contribution in [0.1, 0.15) is 23.1 Å². The van der Waals surface area contributed by atoms with Crippen LogP contribution in [-0.2, 0) is 6.42 Å². The number of alkyl halides is 3. The van der Waals surface area contributed by atoms with E-state index in [1.54, 1.807) is 24.3 Å². The molecule has 1 unspecified atom stereocenters. The third-order valence-corrected chi connectivity index (χ3v) is 4.24. The fourth-order valence-corrected chi connectivity index (χ4v) is 2.65. The van der Waals surface area contributed by atoms with E-state index in [1.807, 2.05) is 6.07 Å². The average molecular weight is 385 g/mol. The van der Waals surface area contributed by atoms with Gasteiger partial charge in [0, 0.05) is 16.8 Å². The molecule has 0 aromatic heterocycles. The molecule has 0 aliphatic rings. The highest BCUT2D eigenvalue weighted by atomic mass is 35.5. The Kier molecular flexibility index (Phi) is 6.46. The van der Waals surface area contributed by atoms with Gasteiger partial charge in [0.1, 0.15) is 6.04 Å². The predicted octanol–water partition coefficient (Wildman–Crippen LogP) is 5.85. The Morgan fingerprint density at radius 1 is 1.12 bits per heavy atom. The van der Waals surface area contributed by atoms with Crippen molar-refractivity contribution in [3.8, 4) is 6.07 Å². The Balaban J connectivity index is 2.16. The number of aliphatic imine (C=N–C) groups is 1. The number of nitriles is 1. The number of rotatable bonds is 5. The van der Waals surface area contributed by atoms with Crippen LogP contribution in [0.4, 0.5) is 13.2 Å². The summed E-state index contributed by atoms with van der Waals surface area (Å²) in [5.41, 5.74) is 1.30.